The molecule has 2 aromatic carbocycles. The van der Waals surface area contributed by atoms with Crippen LogP contribution >= 0.6 is 0 Å². The third-order valence-electron chi connectivity index (χ3n) is 4.52. The van der Waals surface area contributed by atoms with Gasteiger partial charge in [-0.05, 0) is 49.2 Å². The number of aliphatic carboxylic acids is 1. The maximum Gasteiger partial charge on any atom is 0.308 e. The van der Waals surface area contributed by atoms with Gasteiger partial charge in [-0.2, -0.15) is 0 Å². The van der Waals surface area contributed by atoms with Crippen molar-refractivity contribution in [2.75, 3.05) is 26.3 Å². The van der Waals surface area contributed by atoms with Crippen LogP contribution in [0.15, 0.2) is 54.6 Å². The molecule has 1 aliphatic heterocycles. The summed E-state index contributed by atoms with van der Waals surface area (Å²) in [5, 5.41) is 9.16. The van der Waals surface area contributed by atoms with E-state index in [-0.39, 0.29) is 12.5 Å². The number of para-hydroxylation sites is 1. The van der Waals surface area contributed by atoms with Crippen LogP contribution in [0.1, 0.15) is 23.2 Å². The second kappa shape index (κ2) is 9.07. The molecule has 1 fully saturated rings. The number of nitrogens with zero attached hydrogens (tertiary/aromatic N) is 1. The Balaban J connectivity index is 1.48. The predicted octanol–water partition coefficient (Wildman–Crippen LogP) is 3.08. The van der Waals surface area contributed by atoms with Gasteiger partial charge in [0.1, 0.15) is 24.7 Å². The SMILES string of the molecule is O=C(O)C1CCCN(C(=O)c2ccc(OCCOc3ccccc3)cc2)C1. The molecule has 142 valence electrons. The fraction of sp³-hybridized carbons (Fsp3) is 0.333. The number of carboxylic acids is 1. The molecule has 0 aliphatic carbocycles. The Bertz CT molecular complexity index is 760. The van der Waals surface area contributed by atoms with Crippen LogP contribution in [0.3, 0.4) is 0 Å². The standard InChI is InChI=1S/C21H23NO5/c23-20(22-12-4-5-17(15-22)21(24)25)16-8-10-19(11-9-16)27-14-13-26-18-6-2-1-3-7-18/h1-3,6-11,17H,4-5,12-15H2,(H,24,25). The minimum atomic E-state index is -0.839. The number of carbonyl (C=O) groups is 2. The largest absolute Gasteiger partial charge is 0.490 e. The van der Waals surface area contributed by atoms with Crippen molar-refractivity contribution in [3.63, 3.8) is 0 Å². The molecule has 0 bridgehead atoms. The molecule has 1 atom stereocenters. The molecule has 1 saturated heterocycles. The van der Waals surface area contributed by atoms with Crippen LogP contribution in [-0.2, 0) is 4.79 Å². The Kier molecular flexibility index (Phi) is 6.30. The number of amides is 1. The van der Waals surface area contributed by atoms with Crippen molar-refractivity contribution >= 4 is 11.9 Å². The highest BCUT2D eigenvalue weighted by Gasteiger charge is 2.28. The Labute approximate surface area is 158 Å². The first kappa shape index (κ1) is 18.8. The van der Waals surface area contributed by atoms with E-state index in [9.17, 15) is 9.59 Å². The van der Waals surface area contributed by atoms with Gasteiger partial charge in [0.05, 0.1) is 5.92 Å². The topological polar surface area (TPSA) is 76.1 Å². The monoisotopic (exact) mass is 369 g/mol. The molecule has 1 N–H and O–H groups in total. The molecule has 1 heterocycles. The average Bonchev–Trinajstić information content (AvgIpc) is 2.72. The van der Waals surface area contributed by atoms with Crippen LogP contribution in [0.2, 0.25) is 0 Å². The first-order chi connectivity index (χ1) is 13.1. The van der Waals surface area contributed by atoms with Crippen LogP contribution in [0.25, 0.3) is 0 Å². The van der Waals surface area contributed by atoms with Crippen molar-refractivity contribution in [1.82, 2.24) is 4.90 Å². The van der Waals surface area contributed by atoms with Gasteiger partial charge in [0.25, 0.3) is 5.91 Å². The molecular weight excluding hydrogens is 346 g/mol. The normalized spacial score (nSPS) is 16.6. The molecule has 1 amide bonds. The van der Waals surface area contributed by atoms with E-state index in [1.54, 1.807) is 29.2 Å². The Morgan fingerprint density at radius 2 is 1.59 bits per heavy atom. The smallest absolute Gasteiger partial charge is 0.308 e. The van der Waals surface area contributed by atoms with Gasteiger partial charge in [0.15, 0.2) is 0 Å². The summed E-state index contributed by atoms with van der Waals surface area (Å²) in [7, 11) is 0. The molecule has 6 heteroatoms. The van der Waals surface area contributed by atoms with Gasteiger partial charge >= 0.3 is 5.97 Å². The van der Waals surface area contributed by atoms with Gasteiger partial charge in [0, 0.05) is 18.7 Å². The van der Waals surface area contributed by atoms with Crippen LogP contribution in [0.4, 0.5) is 0 Å². The number of likely N-dealkylation sites (tertiary alicyclic amines) is 1. The number of benzene rings is 2. The second-order valence-corrected chi connectivity index (χ2v) is 6.46. The van der Waals surface area contributed by atoms with Crippen LogP contribution < -0.4 is 9.47 Å². The second-order valence-electron chi connectivity index (χ2n) is 6.46. The molecule has 1 unspecified atom stereocenters. The zero-order chi connectivity index (χ0) is 19.1. The first-order valence-electron chi connectivity index (χ1n) is 9.06. The van der Waals surface area contributed by atoms with Gasteiger partial charge in [0.2, 0.25) is 0 Å². The highest BCUT2D eigenvalue weighted by atomic mass is 16.5. The summed E-state index contributed by atoms with van der Waals surface area (Å²) in [6.07, 6.45) is 1.34. The molecule has 27 heavy (non-hydrogen) atoms. The Hall–Kier alpha value is -3.02. The number of hydrogen-bond acceptors (Lipinski definition) is 4. The van der Waals surface area contributed by atoms with E-state index >= 15 is 0 Å². The summed E-state index contributed by atoms with van der Waals surface area (Å²) in [5.41, 5.74) is 0.536. The minimum absolute atomic E-state index is 0.139. The number of ether oxygens (including phenoxy) is 2. The van der Waals surface area contributed by atoms with Crippen LogP contribution in [0.5, 0.6) is 11.5 Å². The van der Waals surface area contributed by atoms with Crippen molar-refractivity contribution in [2.45, 2.75) is 12.8 Å². The summed E-state index contributed by atoms with van der Waals surface area (Å²) in [5.74, 6) is -0.00249. The molecular formula is C21H23NO5. The molecule has 0 radical (unpaired) electrons. The van der Waals surface area contributed by atoms with E-state index in [1.165, 1.54) is 0 Å². The maximum absolute atomic E-state index is 12.6. The number of piperidine rings is 1. The van der Waals surface area contributed by atoms with Crippen molar-refractivity contribution in [2.24, 2.45) is 5.92 Å². The lowest BCUT2D eigenvalue weighted by Crippen LogP contribution is -2.42. The fourth-order valence-corrected chi connectivity index (χ4v) is 3.08. The molecule has 2 aromatic rings. The third kappa shape index (κ3) is 5.23. The van der Waals surface area contributed by atoms with Crippen LogP contribution in [-0.4, -0.2) is 48.2 Å². The first-order valence-corrected chi connectivity index (χ1v) is 9.06. The lowest BCUT2D eigenvalue weighted by Gasteiger charge is -2.30. The predicted molar refractivity (Wildman–Crippen MR) is 100 cm³/mol. The van der Waals surface area contributed by atoms with Gasteiger partial charge in [-0.15, -0.1) is 0 Å². The van der Waals surface area contributed by atoms with E-state index in [0.29, 0.717) is 43.9 Å². The zero-order valence-corrected chi connectivity index (χ0v) is 15.0. The Morgan fingerprint density at radius 1 is 0.963 bits per heavy atom. The summed E-state index contributed by atoms with van der Waals surface area (Å²) in [4.78, 5) is 25.3. The lowest BCUT2D eigenvalue weighted by molar-refractivity contribution is -0.143. The number of rotatable bonds is 7. The summed E-state index contributed by atoms with van der Waals surface area (Å²) < 4.78 is 11.2. The third-order valence-corrected chi connectivity index (χ3v) is 4.52. The lowest BCUT2D eigenvalue weighted by atomic mass is 9.97. The van der Waals surface area contributed by atoms with E-state index in [0.717, 1.165) is 5.75 Å². The molecule has 6 nitrogen and oxygen atoms in total. The molecule has 3 rings (SSSR count). The van der Waals surface area contributed by atoms with Crippen molar-refractivity contribution in [1.29, 1.82) is 0 Å². The summed E-state index contributed by atoms with van der Waals surface area (Å²) >= 11 is 0. The van der Waals surface area contributed by atoms with Crippen molar-refractivity contribution < 1.29 is 24.2 Å². The maximum atomic E-state index is 12.6. The van der Waals surface area contributed by atoms with E-state index in [1.807, 2.05) is 30.3 Å². The van der Waals surface area contributed by atoms with Gasteiger partial charge < -0.3 is 19.5 Å². The molecule has 0 aromatic heterocycles. The van der Waals surface area contributed by atoms with Crippen molar-refractivity contribution in [3.8, 4) is 11.5 Å². The van der Waals surface area contributed by atoms with E-state index in [2.05, 4.69) is 0 Å². The van der Waals surface area contributed by atoms with Gasteiger partial charge in [-0.1, -0.05) is 18.2 Å². The quantitative estimate of drug-likeness (QED) is 0.759. The molecule has 0 saturated carbocycles. The summed E-state index contributed by atoms with van der Waals surface area (Å²) in [6, 6.07) is 16.4. The highest BCUT2D eigenvalue weighted by molar-refractivity contribution is 5.94. The number of hydrogen-bond donors (Lipinski definition) is 1. The molecule has 1 aliphatic rings. The van der Waals surface area contributed by atoms with Crippen molar-refractivity contribution in [3.05, 3.63) is 60.2 Å². The average molecular weight is 369 g/mol. The van der Waals surface area contributed by atoms with Gasteiger partial charge in [-0.25, -0.2) is 0 Å². The zero-order valence-electron chi connectivity index (χ0n) is 15.0. The highest BCUT2D eigenvalue weighted by Crippen LogP contribution is 2.20. The fourth-order valence-electron chi connectivity index (χ4n) is 3.08. The Morgan fingerprint density at radius 3 is 2.22 bits per heavy atom. The number of carboxylic acid groups (broad SMARTS) is 1. The van der Waals surface area contributed by atoms with Gasteiger partial charge in [-0.3, -0.25) is 9.59 Å². The van der Waals surface area contributed by atoms with E-state index in [4.69, 9.17) is 14.6 Å². The van der Waals surface area contributed by atoms with Crippen LogP contribution in [0, 0.1) is 5.92 Å². The number of carbonyl (C=O) groups excluding carboxylic acids is 1. The molecule has 0 spiro atoms. The minimum Gasteiger partial charge on any atom is -0.490 e. The van der Waals surface area contributed by atoms with E-state index < -0.39 is 11.9 Å². The summed E-state index contributed by atoms with van der Waals surface area (Å²) in [6.45, 7) is 1.69.